The molecule has 1 aliphatic rings. The summed E-state index contributed by atoms with van der Waals surface area (Å²) in [5, 5.41) is 20.6. The molecule has 2 aromatic carbocycles. The van der Waals surface area contributed by atoms with Crippen molar-refractivity contribution in [2.24, 2.45) is 11.8 Å². The molecule has 2 atom stereocenters. The van der Waals surface area contributed by atoms with E-state index in [1.54, 1.807) is 0 Å². The van der Waals surface area contributed by atoms with Crippen LogP contribution < -0.4 is 15.5 Å². The number of nitrogens with one attached hydrogen (secondary N) is 3. The smallest absolute Gasteiger partial charge is 0.323 e. The Morgan fingerprint density at radius 1 is 1.03 bits per heavy atom. The van der Waals surface area contributed by atoms with Gasteiger partial charge < -0.3 is 15.5 Å². The second kappa shape index (κ2) is 10.2. The third-order valence-corrected chi connectivity index (χ3v) is 6.00. The van der Waals surface area contributed by atoms with E-state index in [1.807, 2.05) is 31.2 Å². The molecule has 8 nitrogen and oxygen atoms in total. The first-order valence-electron chi connectivity index (χ1n) is 12.1. The Balaban J connectivity index is 1.60. The molecule has 4 rings (SSSR count). The average molecular weight is 462 g/mol. The quantitative estimate of drug-likeness (QED) is 0.388. The molecule has 1 saturated carbocycles. The van der Waals surface area contributed by atoms with Crippen molar-refractivity contribution in [3.63, 3.8) is 0 Å². The van der Waals surface area contributed by atoms with Crippen LogP contribution >= 0.6 is 0 Å². The van der Waals surface area contributed by atoms with E-state index in [0.717, 1.165) is 48.0 Å². The van der Waals surface area contributed by atoms with Gasteiger partial charge in [0.05, 0.1) is 11.4 Å². The number of carbonyl (C=O) groups excluding carboxylic acids is 1. The third kappa shape index (κ3) is 5.92. The molecule has 3 aromatic rings. The minimum atomic E-state index is -0.248. The topological polar surface area (TPSA) is 98.8 Å². The molecule has 0 bridgehead atoms. The number of H-pyrrole nitrogens is 1. The van der Waals surface area contributed by atoms with Crippen LogP contribution in [-0.4, -0.2) is 39.7 Å². The number of nitrogens with zero attached hydrogens (tertiary/aromatic N) is 4. The Morgan fingerprint density at radius 3 is 2.35 bits per heavy atom. The largest absolute Gasteiger partial charge is 0.369 e. The molecule has 8 heteroatoms. The number of carbonyl (C=O) groups is 1. The van der Waals surface area contributed by atoms with Gasteiger partial charge in [0, 0.05) is 24.7 Å². The zero-order valence-electron chi connectivity index (χ0n) is 20.7. The summed E-state index contributed by atoms with van der Waals surface area (Å²) in [6.45, 7) is 12.7. The van der Waals surface area contributed by atoms with E-state index in [2.05, 4.69) is 82.1 Å². The molecule has 0 unspecified atom stereocenters. The predicted molar refractivity (Wildman–Crippen MR) is 136 cm³/mol. The lowest BCUT2D eigenvalue weighted by molar-refractivity contribution is 0.262. The molecule has 3 N–H and O–H groups in total. The molecule has 180 valence electrons. The predicted octanol–water partition coefficient (Wildman–Crippen LogP) is 5.54. The second-order valence-electron chi connectivity index (χ2n) is 10.1. The van der Waals surface area contributed by atoms with E-state index in [4.69, 9.17) is 0 Å². The van der Waals surface area contributed by atoms with Crippen molar-refractivity contribution in [1.82, 2.24) is 20.6 Å². The molecule has 0 radical (unpaired) electrons. The van der Waals surface area contributed by atoms with Gasteiger partial charge in [-0.3, -0.25) is 0 Å². The van der Waals surface area contributed by atoms with Crippen LogP contribution in [0.1, 0.15) is 62.9 Å². The van der Waals surface area contributed by atoms with Gasteiger partial charge in [0.25, 0.3) is 0 Å². The van der Waals surface area contributed by atoms with Crippen LogP contribution in [0.5, 0.6) is 0 Å². The van der Waals surface area contributed by atoms with Gasteiger partial charge in [0.1, 0.15) is 0 Å². The van der Waals surface area contributed by atoms with E-state index in [9.17, 15) is 4.79 Å². The minimum absolute atomic E-state index is 0.248. The normalized spacial score (nSPS) is 17.1. The number of aryl methyl sites for hydroxylation is 1. The highest BCUT2D eigenvalue weighted by atomic mass is 16.2. The van der Waals surface area contributed by atoms with Crippen molar-refractivity contribution < 1.29 is 4.79 Å². The maximum atomic E-state index is 13.0. The van der Waals surface area contributed by atoms with Gasteiger partial charge in [-0.1, -0.05) is 56.7 Å². The van der Waals surface area contributed by atoms with E-state index >= 15 is 0 Å². The lowest BCUT2D eigenvalue weighted by atomic mass is 10.0. The Morgan fingerprint density at radius 2 is 1.74 bits per heavy atom. The number of benzene rings is 2. The van der Waals surface area contributed by atoms with E-state index in [-0.39, 0.29) is 11.9 Å². The van der Waals surface area contributed by atoms with Gasteiger partial charge in [-0.05, 0) is 60.9 Å². The van der Waals surface area contributed by atoms with E-state index < -0.39 is 0 Å². The number of anilines is 3. The van der Waals surface area contributed by atoms with Crippen LogP contribution in [0, 0.1) is 18.8 Å². The number of amides is 2. The van der Waals surface area contributed by atoms with Crippen molar-refractivity contribution in [1.29, 1.82) is 0 Å². The minimum Gasteiger partial charge on any atom is -0.369 e. The van der Waals surface area contributed by atoms with Gasteiger partial charge in [-0.2, -0.15) is 5.21 Å². The van der Waals surface area contributed by atoms with Crippen LogP contribution in [0.4, 0.5) is 21.9 Å². The number of aromatic amines is 1. The maximum Gasteiger partial charge on any atom is 0.323 e. The van der Waals surface area contributed by atoms with Crippen LogP contribution in [0.15, 0.2) is 42.5 Å². The fourth-order valence-electron chi connectivity index (χ4n) is 4.41. The number of aromatic nitrogens is 4. The molecular weight excluding hydrogens is 426 g/mol. The molecule has 0 aliphatic heterocycles. The fraction of sp³-hybridized carbons (Fsp3) is 0.462. The van der Waals surface area contributed by atoms with Crippen molar-refractivity contribution in [3.8, 4) is 0 Å². The van der Waals surface area contributed by atoms with Crippen molar-refractivity contribution >= 4 is 23.1 Å². The first-order valence-corrected chi connectivity index (χ1v) is 12.1. The molecule has 2 amide bonds. The summed E-state index contributed by atoms with van der Waals surface area (Å²) in [5.41, 5.74) is 4.96. The van der Waals surface area contributed by atoms with Crippen molar-refractivity contribution in [2.75, 3.05) is 28.6 Å². The SMILES string of the molecule is Cc1ccc(NC(=O)Nc2cc([C@@H]3C[C@@H]3c3nn[nH]n3)ccc2N(CC(C)C)CC(C)C)cc1. The van der Waals surface area contributed by atoms with E-state index in [1.165, 1.54) is 5.56 Å². The lowest BCUT2D eigenvalue weighted by Crippen LogP contribution is -2.32. The lowest BCUT2D eigenvalue weighted by Gasteiger charge is -2.30. The molecule has 1 fully saturated rings. The van der Waals surface area contributed by atoms with Crippen LogP contribution in [0.25, 0.3) is 0 Å². The van der Waals surface area contributed by atoms with Crippen LogP contribution in [0.3, 0.4) is 0 Å². The monoisotopic (exact) mass is 461 g/mol. The molecule has 34 heavy (non-hydrogen) atoms. The maximum absolute atomic E-state index is 13.0. The summed E-state index contributed by atoms with van der Waals surface area (Å²) in [4.78, 5) is 15.3. The summed E-state index contributed by atoms with van der Waals surface area (Å²) in [6.07, 6.45) is 0.982. The number of rotatable bonds is 9. The van der Waals surface area contributed by atoms with Crippen LogP contribution in [0.2, 0.25) is 0 Å². The Bertz CT molecular complexity index is 1080. The molecule has 1 aromatic heterocycles. The number of hydrogen-bond acceptors (Lipinski definition) is 5. The Kier molecular flexibility index (Phi) is 7.14. The summed E-state index contributed by atoms with van der Waals surface area (Å²) in [6, 6.07) is 14.0. The second-order valence-corrected chi connectivity index (χ2v) is 10.1. The number of hydrogen-bond donors (Lipinski definition) is 3. The molecule has 1 heterocycles. The first kappa shape index (κ1) is 23.7. The zero-order valence-corrected chi connectivity index (χ0v) is 20.7. The third-order valence-electron chi connectivity index (χ3n) is 6.00. The van der Waals surface area contributed by atoms with Crippen molar-refractivity contribution in [3.05, 3.63) is 59.4 Å². The van der Waals surface area contributed by atoms with Gasteiger partial charge in [-0.15, -0.1) is 10.2 Å². The summed E-state index contributed by atoms with van der Waals surface area (Å²) in [7, 11) is 0. The number of urea groups is 1. The van der Waals surface area contributed by atoms with Gasteiger partial charge in [0.15, 0.2) is 5.82 Å². The first-order chi connectivity index (χ1) is 16.3. The highest BCUT2D eigenvalue weighted by Crippen LogP contribution is 2.54. The van der Waals surface area contributed by atoms with Crippen LogP contribution in [-0.2, 0) is 0 Å². The number of tetrazole rings is 1. The summed E-state index contributed by atoms with van der Waals surface area (Å²) >= 11 is 0. The molecular formula is C26H35N7O. The standard InChI is InChI=1S/C26H35N7O/c1-16(2)14-33(15-17(3)4)24-11-8-19(21-13-22(21)25-29-31-32-30-25)12-23(24)28-26(34)27-20-9-6-18(5)7-10-20/h6-12,16-17,21-22H,13-15H2,1-5H3,(H2,27,28,34)(H,29,30,31,32)/t21-,22-/m0/s1. The molecule has 1 aliphatic carbocycles. The molecule has 0 spiro atoms. The van der Waals surface area contributed by atoms with Crippen molar-refractivity contribution in [2.45, 2.75) is 52.9 Å². The van der Waals surface area contributed by atoms with Gasteiger partial charge >= 0.3 is 6.03 Å². The van der Waals surface area contributed by atoms with Gasteiger partial charge in [-0.25, -0.2) is 4.79 Å². The highest BCUT2D eigenvalue weighted by molar-refractivity contribution is 6.02. The van der Waals surface area contributed by atoms with Gasteiger partial charge in [0.2, 0.25) is 0 Å². The highest BCUT2D eigenvalue weighted by Gasteiger charge is 2.42. The Labute approximate surface area is 201 Å². The Hall–Kier alpha value is -3.42. The summed E-state index contributed by atoms with van der Waals surface area (Å²) in [5.74, 6) is 2.34. The molecule has 0 saturated heterocycles. The fourth-order valence-corrected chi connectivity index (χ4v) is 4.41. The zero-order chi connectivity index (χ0) is 24.2. The summed E-state index contributed by atoms with van der Waals surface area (Å²) < 4.78 is 0. The van der Waals surface area contributed by atoms with E-state index in [0.29, 0.717) is 17.8 Å². The average Bonchev–Trinajstić information content (AvgIpc) is 3.38.